The van der Waals surface area contributed by atoms with E-state index in [4.69, 9.17) is 4.74 Å². The zero-order valence-electron chi connectivity index (χ0n) is 6.10. The van der Waals surface area contributed by atoms with Crippen LogP contribution in [-0.4, -0.2) is 10.4 Å². The smallest absolute Gasteiger partial charge is 0.280 e. The Hall–Kier alpha value is -1.84. The molecule has 4 heteroatoms. The number of hydrogen-bond donors (Lipinski definition) is 0. The normalized spacial score (nSPS) is 9.67. The van der Waals surface area contributed by atoms with Crippen molar-refractivity contribution in [3.8, 4) is 11.6 Å². The SMILES string of the molecule is [c]1ccccc1Oc1conn1. The Morgan fingerprint density at radius 1 is 1.42 bits per heavy atom. The summed E-state index contributed by atoms with van der Waals surface area (Å²) in [4.78, 5) is 0. The van der Waals surface area contributed by atoms with E-state index >= 15 is 0 Å². The van der Waals surface area contributed by atoms with Crippen LogP contribution < -0.4 is 4.74 Å². The van der Waals surface area contributed by atoms with Gasteiger partial charge in [0.2, 0.25) is 0 Å². The maximum Gasteiger partial charge on any atom is 0.280 e. The molecule has 0 amide bonds. The third kappa shape index (κ3) is 1.42. The minimum absolute atomic E-state index is 0.331. The van der Waals surface area contributed by atoms with Gasteiger partial charge >= 0.3 is 0 Å². The van der Waals surface area contributed by atoms with Gasteiger partial charge in [-0.3, -0.25) is 0 Å². The second-order valence-corrected chi connectivity index (χ2v) is 2.07. The molecule has 1 aromatic carbocycles. The van der Waals surface area contributed by atoms with E-state index in [0.29, 0.717) is 11.6 Å². The third-order valence-corrected chi connectivity index (χ3v) is 1.24. The van der Waals surface area contributed by atoms with Crippen molar-refractivity contribution in [2.24, 2.45) is 0 Å². The van der Waals surface area contributed by atoms with E-state index < -0.39 is 0 Å². The highest BCUT2D eigenvalue weighted by atomic mass is 16.5. The topological polar surface area (TPSA) is 48.2 Å². The molecule has 0 aliphatic carbocycles. The van der Waals surface area contributed by atoms with Crippen LogP contribution in [0.1, 0.15) is 0 Å². The summed E-state index contributed by atoms with van der Waals surface area (Å²) in [6, 6.07) is 10.1. The molecule has 0 aliphatic heterocycles. The lowest BCUT2D eigenvalue weighted by atomic mass is 10.3. The fraction of sp³-hybridized carbons (Fsp3) is 0. The predicted molar refractivity (Wildman–Crippen MR) is 39.7 cm³/mol. The highest BCUT2D eigenvalue weighted by Gasteiger charge is 1.98. The Morgan fingerprint density at radius 2 is 2.42 bits per heavy atom. The summed E-state index contributed by atoms with van der Waals surface area (Å²) in [7, 11) is 0. The summed E-state index contributed by atoms with van der Waals surface area (Å²) in [6.45, 7) is 0. The predicted octanol–water partition coefficient (Wildman–Crippen LogP) is 1.66. The number of para-hydroxylation sites is 1. The average Bonchev–Trinajstić information content (AvgIpc) is 2.59. The number of nitrogens with zero attached hydrogens (tertiary/aromatic N) is 2. The first-order chi connectivity index (χ1) is 5.95. The zero-order valence-corrected chi connectivity index (χ0v) is 6.10. The van der Waals surface area contributed by atoms with Crippen molar-refractivity contribution in [3.05, 3.63) is 36.6 Å². The third-order valence-electron chi connectivity index (χ3n) is 1.24. The summed E-state index contributed by atoms with van der Waals surface area (Å²) >= 11 is 0. The standard InChI is InChI=1S/C8H5N2O2/c1-2-4-7(5-3-1)12-8-6-11-10-9-8/h1-4,6H. The molecule has 0 N–H and O–H groups in total. The maximum absolute atomic E-state index is 5.20. The van der Waals surface area contributed by atoms with E-state index in [1.807, 2.05) is 12.1 Å². The number of aromatic nitrogens is 2. The summed E-state index contributed by atoms with van der Waals surface area (Å²) in [5.41, 5.74) is 0. The number of ether oxygens (including phenoxy) is 1. The summed E-state index contributed by atoms with van der Waals surface area (Å²) < 4.78 is 9.68. The molecule has 0 unspecified atom stereocenters. The molecule has 0 bridgehead atoms. The molecule has 0 fully saturated rings. The molecule has 1 heterocycles. The van der Waals surface area contributed by atoms with Crippen molar-refractivity contribution in [1.82, 2.24) is 10.4 Å². The highest BCUT2D eigenvalue weighted by Crippen LogP contribution is 2.16. The number of hydrogen-bond acceptors (Lipinski definition) is 4. The van der Waals surface area contributed by atoms with Crippen LogP contribution in [0.2, 0.25) is 0 Å². The van der Waals surface area contributed by atoms with Crippen LogP contribution in [0.4, 0.5) is 0 Å². The van der Waals surface area contributed by atoms with Gasteiger partial charge in [-0.1, -0.05) is 23.3 Å². The summed E-state index contributed by atoms with van der Waals surface area (Å²) in [5, 5.41) is 6.81. The second-order valence-electron chi connectivity index (χ2n) is 2.07. The van der Waals surface area contributed by atoms with E-state index in [-0.39, 0.29) is 0 Å². The molecule has 12 heavy (non-hydrogen) atoms. The molecule has 0 saturated carbocycles. The van der Waals surface area contributed by atoms with Gasteiger partial charge < -0.3 is 9.26 Å². The molecule has 0 saturated heterocycles. The van der Waals surface area contributed by atoms with Crippen LogP contribution in [0, 0.1) is 6.07 Å². The largest absolute Gasteiger partial charge is 0.434 e. The van der Waals surface area contributed by atoms with Crippen molar-refractivity contribution in [2.75, 3.05) is 0 Å². The zero-order chi connectivity index (χ0) is 8.23. The van der Waals surface area contributed by atoms with Gasteiger partial charge in [0.05, 0.1) is 0 Å². The fourth-order valence-corrected chi connectivity index (χ4v) is 0.754. The molecule has 1 radical (unpaired) electrons. The van der Waals surface area contributed by atoms with Crippen LogP contribution in [0.15, 0.2) is 35.1 Å². The van der Waals surface area contributed by atoms with Gasteiger partial charge in [0.15, 0.2) is 6.26 Å². The van der Waals surface area contributed by atoms with Crippen LogP contribution in [0.3, 0.4) is 0 Å². The lowest BCUT2D eigenvalue weighted by Crippen LogP contribution is -1.82. The second kappa shape index (κ2) is 3.04. The first kappa shape index (κ1) is 6.84. The highest BCUT2D eigenvalue weighted by molar-refractivity contribution is 5.23. The average molecular weight is 161 g/mol. The summed E-state index contributed by atoms with van der Waals surface area (Å²) in [5.74, 6) is 0.922. The lowest BCUT2D eigenvalue weighted by Gasteiger charge is -1.96. The van der Waals surface area contributed by atoms with Gasteiger partial charge in [-0.15, -0.1) is 0 Å². The Kier molecular flexibility index (Phi) is 1.74. The molecule has 0 atom stereocenters. The van der Waals surface area contributed by atoms with E-state index in [0.717, 1.165) is 0 Å². The molecule has 59 valence electrons. The van der Waals surface area contributed by atoms with E-state index in [1.165, 1.54) is 6.26 Å². The fourth-order valence-electron chi connectivity index (χ4n) is 0.754. The quantitative estimate of drug-likeness (QED) is 0.672. The molecule has 2 rings (SSSR count). The molecular weight excluding hydrogens is 156 g/mol. The number of benzene rings is 1. The van der Waals surface area contributed by atoms with Crippen LogP contribution in [0.25, 0.3) is 0 Å². The van der Waals surface area contributed by atoms with Crippen molar-refractivity contribution in [1.29, 1.82) is 0 Å². The molecule has 4 nitrogen and oxygen atoms in total. The van der Waals surface area contributed by atoms with Gasteiger partial charge in [-0.05, 0) is 6.07 Å². The minimum atomic E-state index is 0.331. The Balaban J connectivity index is 2.15. The molecule has 0 aliphatic rings. The van der Waals surface area contributed by atoms with E-state index in [9.17, 15) is 0 Å². The van der Waals surface area contributed by atoms with Crippen molar-refractivity contribution in [2.45, 2.75) is 0 Å². The first-order valence-electron chi connectivity index (χ1n) is 3.37. The molecular formula is C8H5N2O2. The Bertz CT molecular complexity index is 331. The summed E-state index contributed by atoms with van der Waals surface area (Å²) in [6.07, 6.45) is 1.32. The van der Waals surface area contributed by atoms with Gasteiger partial charge in [0.1, 0.15) is 5.75 Å². The minimum Gasteiger partial charge on any atom is -0.434 e. The van der Waals surface area contributed by atoms with Crippen molar-refractivity contribution < 1.29 is 9.26 Å². The van der Waals surface area contributed by atoms with Gasteiger partial charge in [0.25, 0.3) is 5.88 Å². The van der Waals surface area contributed by atoms with Crippen molar-refractivity contribution >= 4 is 0 Å². The first-order valence-corrected chi connectivity index (χ1v) is 3.37. The molecule has 1 aromatic heterocycles. The van der Waals surface area contributed by atoms with Crippen LogP contribution >= 0.6 is 0 Å². The Morgan fingerprint density at radius 3 is 3.08 bits per heavy atom. The van der Waals surface area contributed by atoms with E-state index in [1.54, 1.807) is 12.1 Å². The van der Waals surface area contributed by atoms with Crippen LogP contribution in [0.5, 0.6) is 11.6 Å². The van der Waals surface area contributed by atoms with Crippen LogP contribution in [-0.2, 0) is 0 Å². The van der Waals surface area contributed by atoms with E-state index in [2.05, 4.69) is 21.0 Å². The molecule has 0 spiro atoms. The number of rotatable bonds is 2. The Labute approximate surface area is 68.8 Å². The lowest BCUT2D eigenvalue weighted by molar-refractivity contribution is 0.392. The van der Waals surface area contributed by atoms with Gasteiger partial charge in [-0.2, -0.15) is 0 Å². The maximum atomic E-state index is 5.20. The molecule has 2 aromatic rings. The monoisotopic (exact) mass is 161 g/mol. The van der Waals surface area contributed by atoms with Gasteiger partial charge in [0, 0.05) is 11.3 Å². The van der Waals surface area contributed by atoms with Gasteiger partial charge in [-0.25, -0.2) is 0 Å². The van der Waals surface area contributed by atoms with Crippen molar-refractivity contribution in [3.63, 3.8) is 0 Å².